The number of sulfonamides is 1. The number of hydrogen-bond donors (Lipinski definition) is 1. The first kappa shape index (κ1) is 12.9. The van der Waals surface area contributed by atoms with Crippen LogP contribution in [-0.4, -0.2) is 27.4 Å². The van der Waals surface area contributed by atoms with Crippen LogP contribution in [-0.2, 0) is 14.8 Å². The predicted octanol–water partition coefficient (Wildman–Crippen LogP) is 1.12. The van der Waals surface area contributed by atoms with Crippen molar-refractivity contribution >= 4 is 10.0 Å². The van der Waals surface area contributed by atoms with Crippen LogP contribution in [0.15, 0.2) is 0 Å². The highest BCUT2D eigenvalue weighted by atomic mass is 32.2. The summed E-state index contributed by atoms with van der Waals surface area (Å²) < 4.78 is 27.2. The molecule has 1 fully saturated rings. The summed E-state index contributed by atoms with van der Waals surface area (Å²) in [6.45, 7) is 3.23. The van der Waals surface area contributed by atoms with Crippen molar-refractivity contribution in [2.45, 2.75) is 32.6 Å². The minimum atomic E-state index is -3.36. The molecule has 1 aliphatic rings. The maximum atomic E-state index is 10.9. The van der Waals surface area contributed by atoms with E-state index in [0.717, 1.165) is 25.4 Å². The first-order chi connectivity index (χ1) is 7.01. The Labute approximate surface area is 92.2 Å². The van der Waals surface area contributed by atoms with Crippen LogP contribution in [0.1, 0.15) is 32.6 Å². The summed E-state index contributed by atoms with van der Waals surface area (Å²) in [5.41, 5.74) is 0. The highest BCUT2D eigenvalue weighted by Crippen LogP contribution is 2.32. The fraction of sp³-hybridized carbons (Fsp3) is 1.00. The molecule has 0 amide bonds. The van der Waals surface area contributed by atoms with Gasteiger partial charge in [-0.3, -0.25) is 0 Å². The van der Waals surface area contributed by atoms with E-state index in [0.29, 0.717) is 6.61 Å². The number of nitrogens with two attached hydrogens (primary N) is 1. The second-order valence-corrected chi connectivity index (χ2v) is 6.07. The summed E-state index contributed by atoms with van der Waals surface area (Å²) in [5.74, 6) is 0.940. The van der Waals surface area contributed by atoms with Gasteiger partial charge in [0.05, 0.1) is 12.4 Å². The van der Waals surface area contributed by atoms with Gasteiger partial charge in [0.1, 0.15) is 0 Å². The van der Waals surface area contributed by atoms with Crippen molar-refractivity contribution < 1.29 is 13.2 Å². The van der Waals surface area contributed by atoms with E-state index in [1.165, 1.54) is 12.8 Å². The fourth-order valence-corrected chi connectivity index (χ4v) is 2.51. The Balaban J connectivity index is 2.09. The lowest BCUT2D eigenvalue weighted by Crippen LogP contribution is -2.25. The molecule has 0 aromatic heterocycles. The topological polar surface area (TPSA) is 69.4 Å². The minimum absolute atomic E-state index is 0.0347. The Morgan fingerprint density at radius 1 is 1.47 bits per heavy atom. The Morgan fingerprint density at radius 2 is 2.13 bits per heavy atom. The van der Waals surface area contributed by atoms with Crippen LogP contribution in [0, 0.1) is 11.8 Å². The van der Waals surface area contributed by atoms with Crippen molar-refractivity contribution in [1.29, 1.82) is 0 Å². The molecule has 0 heterocycles. The van der Waals surface area contributed by atoms with Gasteiger partial charge in [0.15, 0.2) is 0 Å². The third-order valence-electron chi connectivity index (χ3n) is 2.77. The molecule has 1 saturated carbocycles. The molecular weight excluding hydrogens is 214 g/mol. The molecule has 1 rings (SSSR count). The largest absolute Gasteiger partial charge is 0.381 e. The summed E-state index contributed by atoms with van der Waals surface area (Å²) in [5, 5.41) is 4.99. The van der Waals surface area contributed by atoms with E-state index in [1.54, 1.807) is 0 Å². The highest BCUT2D eigenvalue weighted by Gasteiger charge is 2.21. The molecule has 0 spiro atoms. The van der Waals surface area contributed by atoms with E-state index >= 15 is 0 Å². The van der Waals surface area contributed by atoms with Crippen LogP contribution in [0.4, 0.5) is 0 Å². The highest BCUT2D eigenvalue weighted by molar-refractivity contribution is 7.89. The van der Waals surface area contributed by atoms with Gasteiger partial charge >= 0.3 is 0 Å². The molecule has 1 atom stereocenters. The van der Waals surface area contributed by atoms with Gasteiger partial charge in [0.25, 0.3) is 0 Å². The lowest BCUT2D eigenvalue weighted by atomic mass is 10.1. The second kappa shape index (κ2) is 5.82. The van der Waals surface area contributed by atoms with Gasteiger partial charge in [0.2, 0.25) is 10.0 Å². The van der Waals surface area contributed by atoms with E-state index in [9.17, 15) is 8.42 Å². The Kier molecular flexibility index (Phi) is 5.02. The first-order valence-electron chi connectivity index (χ1n) is 5.59. The van der Waals surface area contributed by atoms with E-state index in [-0.39, 0.29) is 11.7 Å². The number of rotatable bonds is 8. The number of primary sulfonamides is 1. The molecule has 5 heteroatoms. The molecule has 0 saturated heterocycles. The molecule has 0 radical (unpaired) electrons. The van der Waals surface area contributed by atoms with E-state index < -0.39 is 10.0 Å². The zero-order chi connectivity index (χ0) is 11.3. The van der Waals surface area contributed by atoms with Crippen molar-refractivity contribution in [3.05, 3.63) is 0 Å². The van der Waals surface area contributed by atoms with Crippen LogP contribution in [0.5, 0.6) is 0 Å². The summed E-state index contributed by atoms with van der Waals surface area (Å²) in [4.78, 5) is 0. The smallest absolute Gasteiger partial charge is 0.209 e. The minimum Gasteiger partial charge on any atom is -0.381 e. The van der Waals surface area contributed by atoms with Crippen LogP contribution >= 0.6 is 0 Å². The van der Waals surface area contributed by atoms with Crippen LogP contribution in [0.3, 0.4) is 0 Å². The monoisotopic (exact) mass is 235 g/mol. The van der Waals surface area contributed by atoms with Gasteiger partial charge in [-0.1, -0.05) is 26.2 Å². The number of hydrogen-bond acceptors (Lipinski definition) is 3. The van der Waals surface area contributed by atoms with Gasteiger partial charge in [-0.2, -0.15) is 0 Å². The van der Waals surface area contributed by atoms with Crippen molar-refractivity contribution in [2.75, 3.05) is 19.0 Å². The van der Waals surface area contributed by atoms with E-state index in [4.69, 9.17) is 9.88 Å². The Hall–Kier alpha value is -0.130. The normalized spacial score (nSPS) is 19.1. The molecule has 90 valence electrons. The van der Waals surface area contributed by atoms with Crippen molar-refractivity contribution in [2.24, 2.45) is 17.0 Å². The quantitative estimate of drug-likeness (QED) is 0.641. The molecule has 0 aliphatic heterocycles. The van der Waals surface area contributed by atoms with Crippen molar-refractivity contribution in [1.82, 2.24) is 0 Å². The molecule has 0 bridgehead atoms. The maximum absolute atomic E-state index is 10.9. The van der Waals surface area contributed by atoms with Crippen molar-refractivity contribution in [3.8, 4) is 0 Å². The lowest BCUT2D eigenvalue weighted by Gasteiger charge is -2.13. The van der Waals surface area contributed by atoms with Gasteiger partial charge in [0, 0.05) is 6.61 Å². The van der Waals surface area contributed by atoms with Gasteiger partial charge in [-0.05, 0) is 18.3 Å². The van der Waals surface area contributed by atoms with Gasteiger partial charge in [-0.25, -0.2) is 13.6 Å². The average Bonchev–Trinajstić information content (AvgIpc) is 2.92. The molecule has 1 unspecified atom stereocenters. The zero-order valence-corrected chi connectivity index (χ0v) is 10.1. The van der Waals surface area contributed by atoms with Crippen LogP contribution < -0.4 is 5.14 Å². The van der Waals surface area contributed by atoms with Crippen LogP contribution in [0.2, 0.25) is 0 Å². The van der Waals surface area contributed by atoms with E-state index in [1.807, 2.05) is 6.92 Å². The Morgan fingerprint density at radius 3 is 2.60 bits per heavy atom. The molecule has 4 nitrogen and oxygen atoms in total. The summed E-state index contributed by atoms with van der Waals surface area (Å²) in [6.07, 6.45) is 4.57. The van der Waals surface area contributed by atoms with Gasteiger partial charge < -0.3 is 4.74 Å². The third-order valence-corrected chi connectivity index (χ3v) is 3.70. The summed E-state index contributed by atoms with van der Waals surface area (Å²) in [7, 11) is -3.36. The standard InChI is InChI=1S/C10H21NO3S/c1-2-9(8-15(11,12)13)7-14-6-5-10-3-4-10/h9-10H,2-8H2,1H3,(H2,11,12,13). The average molecular weight is 235 g/mol. The van der Waals surface area contributed by atoms with Crippen molar-refractivity contribution in [3.63, 3.8) is 0 Å². The van der Waals surface area contributed by atoms with Gasteiger partial charge in [-0.15, -0.1) is 0 Å². The molecule has 15 heavy (non-hydrogen) atoms. The maximum Gasteiger partial charge on any atom is 0.209 e. The van der Waals surface area contributed by atoms with E-state index in [2.05, 4.69) is 0 Å². The predicted molar refractivity (Wildman–Crippen MR) is 59.9 cm³/mol. The SMILES string of the molecule is CCC(COCCC1CC1)CS(N)(=O)=O. The molecule has 1 aliphatic carbocycles. The van der Waals surface area contributed by atoms with Crippen LogP contribution in [0.25, 0.3) is 0 Å². The molecular formula is C10H21NO3S. The molecule has 0 aromatic rings. The zero-order valence-electron chi connectivity index (χ0n) is 9.31. The Bertz CT molecular complexity index is 272. The summed E-state index contributed by atoms with van der Waals surface area (Å²) >= 11 is 0. The summed E-state index contributed by atoms with van der Waals surface area (Å²) in [6, 6.07) is 0. The fourth-order valence-electron chi connectivity index (χ4n) is 1.52. The lowest BCUT2D eigenvalue weighted by molar-refractivity contribution is 0.0994. The third kappa shape index (κ3) is 6.87. The number of ether oxygens (including phenoxy) is 1. The molecule has 0 aromatic carbocycles. The second-order valence-electron chi connectivity index (χ2n) is 4.41. The first-order valence-corrected chi connectivity index (χ1v) is 7.31. The molecule has 2 N–H and O–H groups in total.